The molecule has 1 aliphatic rings. The number of Topliss-reactive ketones (excluding diaryl/α,β-unsaturated/α-hetero) is 1. The number of imide groups is 1. The van der Waals surface area contributed by atoms with E-state index in [0.29, 0.717) is 36.5 Å². The molecule has 0 saturated carbocycles. The highest BCUT2D eigenvalue weighted by atomic mass is 16.3. The first-order chi connectivity index (χ1) is 20.9. The van der Waals surface area contributed by atoms with Gasteiger partial charge in [-0.2, -0.15) is 0 Å². The molecule has 1 unspecified atom stereocenters. The van der Waals surface area contributed by atoms with Gasteiger partial charge in [0.2, 0.25) is 0 Å². The number of aromatic nitrogens is 2. The van der Waals surface area contributed by atoms with Crippen molar-refractivity contribution in [1.82, 2.24) is 19.4 Å². The number of rotatable bonds is 16. The molecule has 0 bridgehead atoms. The molecule has 228 valence electrons. The molecule has 2 aromatic carbocycles. The molecule has 1 N–H and O–H groups in total. The lowest BCUT2D eigenvalue weighted by atomic mass is 9.99. The molecule has 1 aliphatic heterocycles. The minimum Gasteiger partial charge on any atom is -0.380 e. The molecule has 1 aromatic heterocycles. The van der Waals surface area contributed by atoms with Gasteiger partial charge in [-0.1, -0.05) is 101 Å². The van der Waals surface area contributed by atoms with Crippen molar-refractivity contribution in [2.24, 2.45) is 0 Å². The van der Waals surface area contributed by atoms with E-state index in [9.17, 15) is 19.5 Å². The monoisotopic (exact) mass is 584 g/mol. The summed E-state index contributed by atoms with van der Waals surface area (Å²) >= 11 is 0. The molecule has 8 nitrogen and oxygen atoms in total. The minimum absolute atomic E-state index is 0.240. The van der Waals surface area contributed by atoms with Crippen LogP contribution >= 0.6 is 0 Å². The molecule has 0 radical (unpaired) electrons. The Balaban J connectivity index is 1.62. The maximum absolute atomic E-state index is 13.5. The van der Waals surface area contributed by atoms with Crippen molar-refractivity contribution in [3.63, 3.8) is 0 Å². The summed E-state index contributed by atoms with van der Waals surface area (Å²) in [7, 11) is 0. The molecule has 43 heavy (non-hydrogen) atoms. The number of aliphatic hydroxyl groups is 1. The average Bonchev–Trinajstić information content (AvgIpc) is 3.51. The van der Waals surface area contributed by atoms with Crippen LogP contribution in [0.5, 0.6) is 0 Å². The van der Waals surface area contributed by atoms with Gasteiger partial charge >= 0.3 is 6.03 Å². The van der Waals surface area contributed by atoms with Crippen molar-refractivity contribution in [1.29, 1.82) is 0 Å². The second-order valence-electron chi connectivity index (χ2n) is 11.1. The second-order valence-corrected chi connectivity index (χ2v) is 11.1. The van der Waals surface area contributed by atoms with Gasteiger partial charge in [-0.15, -0.1) is 0 Å². The number of urea groups is 1. The summed E-state index contributed by atoms with van der Waals surface area (Å²) in [5, 5.41) is 10.6. The average molecular weight is 585 g/mol. The van der Waals surface area contributed by atoms with Gasteiger partial charge in [0.25, 0.3) is 5.91 Å². The van der Waals surface area contributed by atoms with E-state index >= 15 is 0 Å². The largest absolute Gasteiger partial charge is 0.380 e. The van der Waals surface area contributed by atoms with Crippen LogP contribution in [0.4, 0.5) is 4.79 Å². The van der Waals surface area contributed by atoms with Crippen LogP contribution in [0.15, 0.2) is 66.5 Å². The number of benzene rings is 2. The van der Waals surface area contributed by atoms with E-state index < -0.39 is 6.10 Å². The summed E-state index contributed by atoms with van der Waals surface area (Å²) in [6, 6.07) is 15.9. The third kappa shape index (κ3) is 7.68. The number of imidazole rings is 1. The lowest BCUT2D eigenvalue weighted by Crippen LogP contribution is -2.34. The second kappa shape index (κ2) is 15.4. The fourth-order valence-corrected chi connectivity index (χ4v) is 5.28. The van der Waals surface area contributed by atoms with Crippen molar-refractivity contribution in [3.8, 4) is 0 Å². The topological polar surface area (TPSA) is 95.7 Å². The Morgan fingerprint density at radius 3 is 2.21 bits per heavy atom. The van der Waals surface area contributed by atoms with Crippen LogP contribution in [0, 0.1) is 0 Å². The fourth-order valence-electron chi connectivity index (χ4n) is 5.28. The van der Waals surface area contributed by atoms with E-state index in [0.717, 1.165) is 68.4 Å². The first kappa shape index (κ1) is 31.9. The van der Waals surface area contributed by atoms with E-state index in [1.807, 2.05) is 31.2 Å². The Morgan fingerprint density at radius 2 is 1.53 bits per heavy atom. The zero-order valence-electron chi connectivity index (χ0n) is 25.7. The Kier molecular flexibility index (Phi) is 11.4. The van der Waals surface area contributed by atoms with Crippen LogP contribution < -0.4 is 0 Å². The molecule has 8 heteroatoms. The van der Waals surface area contributed by atoms with E-state index in [1.54, 1.807) is 47.5 Å². The highest BCUT2D eigenvalue weighted by Gasteiger charge is 2.40. The molecule has 4 rings (SSSR count). The van der Waals surface area contributed by atoms with E-state index in [2.05, 4.69) is 18.4 Å². The molecule has 1 saturated heterocycles. The number of unbranched alkanes of at least 4 members (excludes halogenated alkanes) is 4. The lowest BCUT2D eigenvalue weighted by Gasteiger charge is -2.17. The molecular formula is C35H44N4O4. The Labute approximate surface area is 255 Å². The normalized spacial score (nSPS) is 15.1. The van der Waals surface area contributed by atoms with Gasteiger partial charge in [0.05, 0.1) is 11.9 Å². The van der Waals surface area contributed by atoms with Gasteiger partial charge < -0.3 is 9.67 Å². The molecule has 2 heterocycles. The van der Waals surface area contributed by atoms with E-state index in [-0.39, 0.29) is 17.7 Å². The smallest absolute Gasteiger partial charge is 0.331 e. The molecule has 3 aromatic rings. The van der Waals surface area contributed by atoms with Crippen LogP contribution in [0.25, 0.3) is 6.08 Å². The highest BCUT2D eigenvalue weighted by molar-refractivity contribution is 6.13. The number of amides is 3. The van der Waals surface area contributed by atoms with Crippen molar-refractivity contribution >= 4 is 23.8 Å². The van der Waals surface area contributed by atoms with Crippen LogP contribution in [-0.2, 0) is 17.8 Å². The molecule has 3 amide bonds. The zero-order chi connectivity index (χ0) is 30.8. The summed E-state index contributed by atoms with van der Waals surface area (Å²) in [6.45, 7) is 7.72. The Bertz CT molecular complexity index is 1410. The number of hydrogen-bond acceptors (Lipinski definition) is 5. The highest BCUT2D eigenvalue weighted by Crippen LogP contribution is 2.26. The standard InChI is InChI=1S/C35H44N4O4/c1-4-7-13-22-37-30(34(42)38(35(37)43)21-9-6-3)23-29-24-36-31(16-8-5-2)39(29)25-26-17-19-28(20-18-26)33(41)32(40)27-14-11-10-12-15-27/h10-12,14-15,17-20,23-24,32,40H,4-9,13,16,21-22,25H2,1-3H3/b30-23+. The van der Waals surface area contributed by atoms with Crippen LogP contribution in [0.1, 0.15) is 105 Å². The Hall–Kier alpha value is -4.04. The first-order valence-corrected chi connectivity index (χ1v) is 15.6. The van der Waals surface area contributed by atoms with Gasteiger partial charge in [0.15, 0.2) is 5.78 Å². The predicted octanol–water partition coefficient (Wildman–Crippen LogP) is 6.79. The zero-order valence-corrected chi connectivity index (χ0v) is 25.7. The summed E-state index contributed by atoms with van der Waals surface area (Å²) in [4.78, 5) is 47.4. The molecule has 1 atom stereocenters. The van der Waals surface area contributed by atoms with Crippen LogP contribution in [0.3, 0.4) is 0 Å². The van der Waals surface area contributed by atoms with Gasteiger partial charge in [-0.05, 0) is 36.5 Å². The maximum Gasteiger partial charge on any atom is 0.331 e. The molecule has 1 fully saturated rings. The van der Waals surface area contributed by atoms with Crippen molar-refractivity contribution < 1.29 is 19.5 Å². The number of carbonyl (C=O) groups is 3. The van der Waals surface area contributed by atoms with Crippen molar-refractivity contribution in [2.45, 2.75) is 84.8 Å². The number of aliphatic hydroxyl groups excluding tert-OH is 1. The molecule has 0 spiro atoms. The third-order valence-electron chi connectivity index (χ3n) is 7.89. The van der Waals surface area contributed by atoms with Gasteiger partial charge in [0.1, 0.15) is 17.6 Å². The summed E-state index contributed by atoms with van der Waals surface area (Å²) in [6.07, 6.45) is 9.67. The van der Waals surface area contributed by atoms with Crippen LogP contribution in [-0.4, -0.2) is 55.3 Å². The first-order valence-electron chi connectivity index (χ1n) is 15.6. The fraction of sp³-hybridized carbons (Fsp3) is 0.429. The Morgan fingerprint density at radius 1 is 0.860 bits per heavy atom. The minimum atomic E-state index is -1.22. The van der Waals surface area contributed by atoms with Crippen molar-refractivity contribution in [3.05, 3.63) is 94.7 Å². The predicted molar refractivity (Wildman–Crippen MR) is 168 cm³/mol. The number of nitrogens with zero attached hydrogens (tertiary/aromatic N) is 4. The van der Waals surface area contributed by atoms with Crippen LogP contribution in [0.2, 0.25) is 0 Å². The third-order valence-corrected chi connectivity index (χ3v) is 7.89. The van der Waals surface area contributed by atoms with Gasteiger partial charge in [-0.3, -0.25) is 19.4 Å². The molecular weight excluding hydrogens is 540 g/mol. The lowest BCUT2D eigenvalue weighted by molar-refractivity contribution is -0.123. The SMILES string of the molecule is CCCCCN1C(=O)N(CCCC)C(=O)/C1=C\c1cnc(CCCC)n1Cc1ccc(C(=O)C(O)c2ccccc2)cc1. The number of hydrogen-bond donors (Lipinski definition) is 1. The van der Waals surface area contributed by atoms with Crippen molar-refractivity contribution in [2.75, 3.05) is 13.1 Å². The molecule has 0 aliphatic carbocycles. The van der Waals surface area contributed by atoms with E-state index in [4.69, 9.17) is 4.98 Å². The van der Waals surface area contributed by atoms with Gasteiger partial charge in [-0.25, -0.2) is 9.78 Å². The summed E-state index contributed by atoms with van der Waals surface area (Å²) in [5.41, 5.74) is 3.12. The number of ketones is 1. The maximum atomic E-state index is 13.5. The summed E-state index contributed by atoms with van der Waals surface area (Å²) < 4.78 is 2.09. The number of carbonyl (C=O) groups excluding carboxylic acids is 3. The summed E-state index contributed by atoms with van der Waals surface area (Å²) in [5.74, 6) is 0.304. The quantitative estimate of drug-likeness (QED) is 0.0866. The van der Waals surface area contributed by atoms with E-state index in [1.165, 1.54) is 4.90 Å². The number of aryl methyl sites for hydroxylation is 1. The van der Waals surface area contributed by atoms with Gasteiger partial charge in [0, 0.05) is 31.6 Å².